The highest BCUT2D eigenvalue weighted by atomic mass is 32.2. The van der Waals surface area contributed by atoms with E-state index < -0.39 is 0 Å². The second-order valence-corrected chi connectivity index (χ2v) is 8.58. The molecule has 0 bridgehead atoms. The Hall–Kier alpha value is -3.45. The fraction of sp³-hybridized carbons (Fsp3) is 0.200. The molecule has 4 rings (SSSR count). The quantitative estimate of drug-likeness (QED) is 0.411. The number of aromatic nitrogens is 4. The van der Waals surface area contributed by atoms with Crippen LogP contribution in [0.15, 0.2) is 78.2 Å². The summed E-state index contributed by atoms with van der Waals surface area (Å²) in [7, 11) is 0. The van der Waals surface area contributed by atoms with Crippen molar-refractivity contribution in [3.05, 3.63) is 89.7 Å². The second-order valence-electron chi connectivity index (χ2n) is 7.63. The summed E-state index contributed by atoms with van der Waals surface area (Å²) in [6, 6.07) is 19.9. The molecule has 0 radical (unpaired) electrons. The van der Waals surface area contributed by atoms with E-state index >= 15 is 0 Å². The molecule has 6 nitrogen and oxygen atoms in total. The van der Waals surface area contributed by atoms with Crippen LogP contribution >= 0.6 is 11.8 Å². The van der Waals surface area contributed by atoms with Gasteiger partial charge in [-0.25, -0.2) is 0 Å². The van der Waals surface area contributed by atoms with Crippen LogP contribution in [0.3, 0.4) is 0 Å². The van der Waals surface area contributed by atoms with Crippen molar-refractivity contribution in [2.24, 2.45) is 0 Å². The Morgan fingerprint density at radius 2 is 1.75 bits per heavy atom. The molecule has 1 unspecified atom stereocenters. The number of rotatable bonds is 7. The first-order valence-corrected chi connectivity index (χ1v) is 11.4. The van der Waals surface area contributed by atoms with Gasteiger partial charge < -0.3 is 5.32 Å². The summed E-state index contributed by atoms with van der Waals surface area (Å²) < 4.78 is 2.00. The van der Waals surface area contributed by atoms with Crippen LogP contribution in [-0.4, -0.2) is 31.4 Å². The van der Waals surface area contributed by atoms with Crippen molar-refractivity contribution in [2.45, 2.75) is 32.0 Å². The van der Waals surface area contributed by atoms with Gasteiger partial charge in [-0.3, -0.25) is 14.3 Å². The molecule has 2 aromatic heterocycles. The van der Waals surface area contributed by atoms with E-state index in [0.29, 0.717) is 5.16 Å². The molecule has 7 heteroatoms. The van der Waals surface area contributed by atoms with Gasteiger partial charge in [-0.1, -0.05) is 48.2 Å². The van der Waals surface area contributed by atoms with Gasteiger partial charge in [-0.05, 0) is 61.7 Å². The fourth-order valence-corrected chi connectivity index (χ4v) is 4.15. The highest BCUT2D eigenvalue weighted by Crippen LogP contribution is 2.28. The largest absolute Gasteiger partial charge is 0.349 e. The molecule has 1 N–H and O–H groups in total. The summed E-state index contributed by atoms with van der Waals surface area (Å²) in [6.45, 7) is 6.15. The van der Waals surface area contributed by atoms with Crippen LogP contribution in [0.1, 0.15) is 29.7 Å². The second kappa shape index (κ2) is 9.78. The Labute approximate surface area is 192 Å². The van der Waals surface area contributed by atoms with Crippen molar-refractivity contribution < 1.29 is 4.79 Å². The molecule has 0 fully saturated rings. The van der Waals surface area contributed by atoms with Gasteiger partial charge in [-0.2, -0.15) is 0 Å². The van der Waals surface area contributed by atoms with E-state index in [1.165, 1.54) is 22.9 Å². The van der Waals surface area contributed by atoms with Crippen molar-refractivity contribution in [1.82, 2.24) is 25.1 Å². The highest BCUT2D eigenvalue weighted by Gasteiger charge is 2.18. The molecule has 0 aliphatic heterocycles. The van der Waals surface area contributed by atoms with Crippen LogP contribution < -0.4 is 5.32 Å². The van der Waals surface area contributed by atoms with E-state index in [-0.39, 0.29) is 17.7 Å². The molecule has 2 heterocycles. The maximum atomic E-state index is 12.6. The number of benzene rings is 2. The number of thioether (sulfide) groups is 1. The monoisotopic (exact) mass is 443 g/mol. The molecule has 0 saturated carbocycles. The molecule has 1 amide bonds. The molecule has 0 aliphatic rings. The van der Waals surface area contributed by atoms with Gasteiger partial charge >= 0.3 is 0 Å². The zero-order chi connectivity index (χ0) is 22.5. The Balaban J connectivity index is 1.58. The zero-order valence-corrected chi connectivity index (χ0v) is 19.1. The minimum absolute atomic E-state index is 0.0496. The van der Waals surface area contributed by atoms with Crippen molar-refractivity contribution in [2.75, 3.05) is 5.75 Å². The first-order valence-electron chi connectivity index (χ1n) is 10.4. The number of carbonyl (C=O) groups excluding carboxylic acids is 1. The molecule has 0 aliphatic carbocycles. The molecule has 0 spiro atoms. The fourth-order valence-electron chi connectivity index (χ4n) is 3.39. The van der Waals surface area contributed by atoms with E-state index in [4.69, 9.17) is 0 Å². The van der Waals surface area contributed by atoms with Crippen molar-refractivity contribution in [1.29, 1.82) is 0 Å². The van der Waals surface area contributed by atoms with Crippen LogP contribution in [0, 0.1) is 13.8 Å². The Bertz CT molecular complexity index is 1210. The van der Waals surface area contributed by atoms with Crippen molar-refractivity contribution in [3.63, 3.8) is 0 Å². The molecule has 0 saturated heterocycles. The summed E-state index contributed by atoms with van der Waals surface area (Å²) in [5.74, 6) is 0.916. The minimum atomic E-state index is -0.0608. The van der Waals surface area contributed by atoms with Gasteiger partial charge in [0.25, 0.3) is 0 Å². The number of nitrogens with zero attached hydrogens (tertiary/aromatic N) is 4. The minimum Gasteiger partial charge on any atom is -0.349 e. The van der Waals surface area contributed by atoms with Gasteiger partial charge in [-0.15, -0.1) is 10.2 Å². The predicted octanol–water partition coefficient (Wildman–Crippen LogP) is 4.92. The van der Waals surface area contributed by atoms with Gasteiger partial charge in [0, 0.05) is 18.0 Å². The van der Waals surface area contributed by atoms with E-state index in [1.54, 1.807) is 12.4 Å². The number of pyridine rings is 1. The molecule has 162 valence electrons. The molecular formula is C25H25N5OS. The van der Waals surface area contributed by atoms with Crippen LogP contribution in [0.4, 0.5) is 0 Å². The average Bonchev–Trinajstić information content (AvgIpc) is 3.24. The molecular weight excluding hydrogens is 418 g/mol. The summed E-state index contributed by atoms with van der Waals surface area (Å²) in [5, 5.41) is 12.6. The summed E-state index contributed by atoms with van der Waals surface area (Å²) in [6.07, 6.45) is 3.47. The average molecular weight is 444 g/mol. The lowest BCUT2D eigenvalue weighted by molar-refractivity contribution is -0.119. The number of aryl methyl sites for hydroxylation is 2. The van der Waals surface area contributed by atoms with Crippen molar-refractivity contribution >= 4 is 17.7 Å². The number of carbonyl (C=O) groups is 1. The Kier molecular flexibility index (Phi) is 6.66. The first-order chi connectivity index (χ1) is 15.5. The lowest BCUT2D eigenvalue weighted by atomic mass is 10.1. The SMILES string of the molecule is Cc1ccc(-n2c(SCC(=O)NC(C)c3ccccc3)nnc2-c2ccncc2)cc1C. The Morgan fingerprint density at radius 1 is 1.00 bits per heavy atom. The summed E-state index contributed by atoms with van der Waals surface area (Å²) >= 11 is 1.37. The maximum absolute atomic E-state index is 12.6. The standard InChI is InChI=1S/C25H25N5OS/c1-17-9-10-22(15-18(17)2)30-24(21-11-13-26-14-12-21)28-29-25(30)32-16-23(31)27-19(3)20-7-5-4-6-8-20/h4-15,19H,16H2,1-3H3,(H,27,31). The van der Waals surface area contributed by atoms with Gasteiger partial charge in [0.15, 0.2) is 11.0 Å². The molecule has 32 heavy (non-hydrogen) atoms. The summed E-state index contributed by atoms with van der Waals surface area (Å²) in [4.78, 5) is 16.7. The van der Waals surface area contributed by atoms with E-state index in [0.717, 1.165) is 22.6 Å². The number of nitrogens with one attached hydrogen (secondary N) is 1. The molecule has 4 aromatic rings. The Morgan fingerprint density at radius 3 is 2.47 bits per heavy atom. The lowest BCUT2D eigenvalue weighted by Gasteiger charge is -2.15. The topological polar surface area (TPSA) is 72.7 Å². The van der Waals surface area contributed by atoms with Crippen LogP contribution in [0.25, 0.3) is 17.1 Å². The predicted molar refractivity (Wildman–Crippen MR) is 128 cm³/mol. The normalized spacial score (nSPS) is 11.8. The van der Waals surface area contributed by atoms with Gasteiger partial charge in [0.2, 0.25) is 5.91 Å². The third kappa shape index (κ3) is 4.89. The maximum Gasteiger partial charge on any atom is 0.230 e. The molecule has 2 aromatic carbocycles. The van der Waals surface area contributed by atoms with Gasteiger partial charge in [0.1, 0.15) is 0 Å². The smallest absolute Gasteiger partial charge is 0.230 e. The van der Waals surface area contributed by atoms with Crippen LogP contribution in [0.5, 0.6) is 0 Å². The third-order valence-electron chi connectivity index (χ3n) is 5.33. The third-order valence-corrected chi connectivity index (χ3v) is 6.26. The lowest BCUT2D eigenvalue weighted by Crippen LogP contribution is -2.28. The van der Waals surface area contributed by atoms with Gasteiger partial charge in [0.05, 0.1) is 17.5 Å². The highest BCUT2D eigenvalue weighted by molar-refractivity contribution is 7.99. The number of hydrogen-bond acceptors (Lipinski definition) is 5. The van der Waals surface area contributed by atoms with Crippen molar-refractivity contribution in [3.8, 4) is 17.1 Å². The number of hydrogen-bond donors (Lipinski definition) is 1. The van der Waals surface area contributed by atoms with E-state index in [9.17, 15) is 4.79 Å². The van der Waals surface area contributed by atoms with E-state index in [1.807, 2.05) is 54.0 Å². The number of amides is 1. The van der Waals surface area contributed by atoms with Crippen LogP contribution in [0.2, 0.25) is 0 Å². The van der Waals surface area contributed by atoms with Crippen LogP contribution in [-0.2, 0) is 4.79 Å². The molecule has 1 atom stereocenters. The zero-order valence-electron chi connectivity index (χ0n) is 18.3. The van der Waals surface area contributed by atoms with E-state index in [2.05, 4.69) is 52.5 Å². The summed E-state index contributed by atoms with van der Waals surface area (Å²) in [5.41, 5.74) is 5.35. The first kappa shape index (κ1) is 21.8.